The Hall–Kier alpha value is -3.39. The lowest BCUT2D eigenvalue weighted by Gasteiger charge is -2.24. The fourth-order valence-electron chi connectivity index (χ4n) is 4.56. The van der Waals surface area contributed by atoms with E-state index < -0.39 is 0 Å². The number of allylic oxidation sites excluding steroid dienone is 4. The molecule has 2 nitrogen and oxygen atoms in total. The molecule has 0 unspecified atom stereocenters. The van der Waals surface area contributed by atoms with Crippen molar-refractivity contribution in [2.45, 2.75) is 19.3 Å². The molecule has 0 saturated carbocycles. The Labute approximate surface area is 172 Å². The third-order valence-electron chi connectivity index (χ3n) is 6.08. The van der Waals surface area contributed by atoms with Gasteiger partial charge in [0.2, 0.25) is 0 Å². The van der Waals surface area contributed by atoms with E-state index in [-0.39, 0.29) is 5.41 Å². The van der Waals surface area contributed by atoms with E-state index >= 15 is 0 Å². The Morgan fingerprint density at radius 2 is 1.48 bits per heavy atom. The number of benzene rings is 3. The molecule has 0 radical (unpaired) electrons. The molecule has 0 bridgehead atoms. The van der Waals surface area contributed by atoms with Gasteiger partial charge in [0, 0.05) is 40.5 Å². The van der Waals surface area contributed by atoms with Gasteiger partial charge in [0.25, 0.3) is 0 Å². The summed E-state index contributed by atoms with van der Waals surface area (Å²) in [6, 6.07) is 27.5. The van der Waals surface area contributed by atoms with Gasteiger partial charge >= 0.3 is 0 Å². The van der Waals surface area contributed by atoms with Gasteiger partial charge in [0.1, 0.15) is 0 Å². The summed E-state index contributed by atoms with van der Waals surface area (Å²) in [4.78, 5) is 7.26. The first-order valence-electron chi connectivity index (χ1n) is 10.1. The summed E-state index contributed by atoms with van der Waals surface area (Å²) in [6.07, 6.45) is 4.52. The average Bonchev–Trinajstić information content (AvgIpc) is 3.21. The molecule has 0 fully saturated rings. The molecule has 5 rings (SSSR count). The molecule has 0 saturated heterocycles. The van der Waals surface area contributed by atoms with Crippen LogP contribution in [0.4, 0.5) is 11.4 Å². The standard InChI is InChI=1S/C27H24N2/c1-27(2)22-14-8-10-16-24(22)29(3)25(27)18-17-21-20-13-7-9-15-23(20)28-26(21)19-11-5-4-6-12-19/h4-18H,1-3H3. The van der Waals surface area contributed by atoms with E-state index in [1.165, 1.54) is 28.1 Å². The molecule has 29 heavy (non-hydrogen) atoms. The van der Waals surface area contributed by atoms with Gasteiger partial charge in [-0.1, -0.05) is 86.7 Å². The van der Waals surface area contributed by atoms with Crippen LogP contribution in [0.25, 0.3) is 5.57 Å². The maximum atomic E-state index is 4.95. The van der Waals surface area contributed by atoms with Crippen molar-refractivity contribution < 1.29 is 0 Å². The second kappa shape index (κ2) is 6.59. The number of para-hydroxylation sites is 2. The molecule has 0 N–H and O–H groups in total. The lowest BCUT2D eigenvalue weighted by atomic mass is 9.83. The highest BCUT2D eigenvalue weighted by Gasteiger charge is 2.37. The van der Waals surface area contributed by atoms with Gasteiger partial charge in [-0.25, -0.2) is 4.99 Å². The molecule has 0 aliphatic carbocycles. The summed E-state index contributed by atoms with van der Waals surface area (Å²) in [5.41, 5.74) is 9.52. The number of fused-ring (bicyclic) bond motifs is 2. The monoisotopic (exact) mass is 376 g/mol. The fraction of sp³-hybridized carbons (Fsp3) is 0.148. The van der Waals surface area contributed by atoms with Crippen LogP contribution in [0.5, 0.6) is 0 Å². The zero-order valence-corrected chi connectivity index (χ0v) is 17.1. The number of hydrogen-bond acceptors (Lipinski definition) is 2. The molecule has 3 aromatic carbocycles. The van der Waals surface area contributed by atoms with Crippen molar-refractivity contribution in [3.63, 3.8) is 0 Å². The predicted molar refractivity (Wildman–Crippen MR) is 123 cm³/mol. The minimum absolute atomic E-state index is 0.0371. The molecule has 2 aliphatic heterocycles. The summed E-state index contributed by atoms with van der Waals surface area (Å²) < 4.78 is 0. The van der Waals surface area contributed by atoms with E-state index in [0.717, 1.165) is 17.0 Å². The van der Waals surface area contributed by atoms with Gasteiger partial charge < -0.3 is 4.90 Å². The number of anilines is 1. The first-order valence-corrected chi connectivity index (χ1v) is 10.1. The Balaban J connectivity index is 1.64. The third kappa shape index (κ3) is 2.75. The van der Waals surface area contributed by atoms with E-state index in [1.807, 2.05) is 6.07 Å². The zero-order chi connectivity index (χ0) is 20.0. The molecule has 0 aromatic heterocycles. The van der Waals surface area contributed by atoms with Gasteiger partial charge in [-0.15, -0.1) is 0 Å². The van der Waals surface area contributed by atoms with Crippen molar-refractivity contribution in [2.75, 3.05) is 11.9 Å². The first-order chi connectivity index (χ1) is 14.1. The highest BCUT2D eigenvalue weighted by molar-refractivity contribution is 6.36. The molecule has 0 amide bonds. The van der Waals surface area contributed by atoms with Crippen LogP contribution in [0.3, 0.4) is 0 Å². The van der Waals surface area contributed by atoms with Crippen molar-refractivity contribution in [3.05, 3.63) is 113 Å². The quantitative estimate of drug-likeness (QED) is 0.497. The molecule has 2 aliphatic rings. The lowest BCUT2D eigenvalue weighted by molar-refractivity contribution is 0.640. The molecule has 2 heteroatoms. The van der Waals surface area contributed by atoms with Crippen LogP contribution in [0.2, 0.25) is 0 Å². The lowest BCUT2D eigenvalue weighted by Crippen LogP contribution is -2.22. The molecule has 2 heterocycles. The van der Waals surface area contributed by atoms with Crippen molar-refractivity contribution in [1.82, 2.24) is 0 Å². The summed E-state index contributed by atoms with van der Waals surface area (Å²) in [6.45, 7) is 4.60. The van der Waals surface area contributed by atoms with Gasteiger partial charge in [-0.2, -0.15) is 0 Å². The Kier molecular flexibility index (Phi) is 4.02. The largest absolute Gasteiger partial charge is 0.347 e. The second-order valence-electron chi connectivity index (χ2n) is 8.18. The van der Waals surface area contributed by atoms with Gasteiger partial charge in [0.15, 0.2) is 0 Å². The summed E-state index contributed by atoms with van der Waals surface area (Å²) >= 11 is 0. The van der Waals surface area contributed by atoms with Crippen LogP contribution in [-0.4, -0.2) is 12.8 Å². The Morgan fingerprint density at radius 3 is 2.28 bits per heavy atom. The second-order valence-corrected chi connectivity index (χ2v) is 8.18. The van der Waals surface area contributed by atoms with Gasteiger partial charge in [0.05, 0.1) is 11.4 Å². The third-order valence-corrected chi connectivity index (χ3v) is 6.08. The maximum Gasteiger partial charge on any atom is 0.0788 e. The Morgan fingerprint density at radius 1 is 0.793 bits per heavy atom. The molecule has 142 valence electrons. The van der Waals surface area contributed by atoms with E-state index in [0.29, 0.717) is 0 Å². The van der Waals surface area contributed by atoms with Crippen LogP contribution < -0.4 is 4.90 Å². The highest BCUT2D eigenvalue weighted by atomic mass is 15.2. The summed E-state index contributed by atoms with van der Waals surface area (Å²) in [7, 11) is 2.16. The summed E-state index contributed by atoms with van der Waals surface area (Å²) in [5.74, 6) is 0. The molecular weight excluding hydrogens is 352 g/mol. The number of likely N-dealkylation sites (N-methyl/N-ethyl adjacent to an activating group) is 1. The van der Waals surface area contributed by atoms with Crippen LogP contribution in [0, 0.1) is 0 Å². The van der Waals surface area contributed by atoms with Crippen LogP contribution >= 0.6 is 0 Å². The average molecular weight is 377 g/mol. The highest BCUT2D eigenvalue weighted by Crippen LogP contribution is 2.47. The van der Waals surface area contributed by atoms with Gasteiger partial charge in [-0.05, 0) is 23.8 Å². The first kappa shape index (κ1) is 17.7. The number of rotatable bonds is 2. The number of aliphatic imine (C=N–C) groups is 1. The number of hydrogen-bond donors (Lipinski definition) is 0. The predicted octanol–water partition coefficient (Wildman–Crippen LogP) is 6.52. The Bertz CT molecular complexity index is 1180. The normalized spacial score (nSPS) is 19.4. The maximum absolute atomic E-state index is 4.95. The molecule has 3 aromatic rings. The van der Waals surface area contributed by atoms with Crippen LogP contribution in [0.1, 0.15) is 30.5 Å². The van der Waals surface area contributed by atoms with Crippen molar-refractivity contribution in [3.8, 4) is 0 Å². The summed E-state index contributed by atoms with van der Waals surface area (Å²) in [5, 5.41) is 0. The van der Waals surface area contributed by atoms with Crippen molar-refractivity contribution in [2.24, 2.45) is 4.99 Å². The van der Waals surface area contributed by atoms with Crippen LogP contribution in [0.15, 0.2) is 102 Å². The zero-order valence-electron chi connectivity index (χ0n) is 17.1. The fourth-order valence-corrected chi connectivity index (χ4v) is 4.56. The molecule has 0 spiro atoms. The minimum Gasteiger partial charge on any atom is -0.347 e. The SMILES string of the molecule is CN1C(=CC=C2C(c3ccccc3)=Nc3ccccc32)C(C)(C)c2ccccc21. The van der Waals surface area contributed by atoms with Crippen LogP contribution in [-0.2, 0) is 5.41 Å². The van der Waals surface area contributed by atoms with E-state index in [4.69, 9.17) is 4.99 Å². The van der Waals surface area contributed by atoms with Gasteiger partial charge in [-0.3, -0.25) is 0 Å². The van der Waals surface area contributed by atoms with E-state index in [2.05, 4.69) is 111 Å². The smallest absolute Gasteiger partial charge is 0.0788 e. The van der Waals surface area contributed by atoms with Crippen molar-refractivity contribution >= 4 is 22.7 Å². The topological polar surface area (TPSA) is 15.6 Å². The molecular formula is C27H24N2. The number of nitrogens with zero attached hydrogens (tertiary/aromatic N) is 2. The van der Waals surface area contributed by atoms with E-state index in [1.54, 1.807) is 0 Å². The minimum atomic E-state index is -0.0371. The molecule has 0 atom stereocenters. The van der Waals surface area contributed by atoms with Crippen molar-refractivity contribution in [1.29, 1.82) is 0 Å². The van der Waals surface area contributed by atoms with E-state index in [9.17, 15) is 0 Å².